The zero-order chi connectivity index (χ0) is 12.4. The standard InChI is InChI=1S/C16H18O2/c17-16(15-10-3-4-11-18-15)14-9-5-7-12-6-1-2-8-13(12)14/h1-2,6,8,10,14H,3-5,7,9,11H2. The number of hydrogen-bond donors (Lipinski definition) is 0. The number of carbonyl (C=O) groups is 1. The topological polar surface area (TPSA) is 26.3 Å². The number of aryl methyl sites for hydroxylation is 1. The van der Waals surface area contributed by atoms with Crippen LogP contribution in [-0.2, 0) is 16.0 Å². The zero-order valence-electron chi connectivity index (χ0n) is 10.5. The molecule has 3 rings (SSSR count). The van der Waals surface area contributed by atoms with E-state index in [1.807, 2.05) is 12.1 Å². The first-order valence-corrected chi connectivity index (χ1v) is 6.81. The molecule has 0 amide bonds. The Morgan fingerprint density at radius 3 is 2.94 bits per heavy atom. The van der Waals surface area contributed by atoms with Gasteiger partial charge in [0.15, 0.2) is 5.76 Å². The normalized spacial score (nSPS) is 22.7. The van der Waals surface area contributed by atoms with Crippen molar-refractivity contribution in [1.82, 2.24) is 0 Å². The third-order valence-electron chi connectivity index (χ3n) is 3.86. The quantitative estimate of drug-likeness (QED) is 0.794. The predicted octanol–water partition coefficient (Wildman–Crippen LogP) is 3.37. The van der Waals surface area contributed by atoms with Gasteiger partial charge in [0.05, 0.1) is 12.5 Å². The van der Waals surface area contributed by atoms with E-state index in [0.717, 1.165) is 32.1 Å². The Balaban J connectivity index is 1.89. The van der Waals surface area contributed by atoms with Crippen molar-refractivity contribution in [3.63, 3.8) is 0 Å². The van der Waals surface area contributed by atoms with Crippen molar-refractivity contribution in [2.75, 3.05) is 6.61 Å². The van der Waals surface area contributed by atoms with Crippen LogP contribution in [0.2, 0.25) is 0 Å². The first kappa shape index (κ1) is 11.5. The molecule has 0 N–H and O–H groups in total. The molecule has 1 heterocycles. The Kier molecular flexibility index (Phi) is 3.18. The Morgan fingerprint density at radius 2 is 2.11 bits per heavy atom. The summed E-state index contributed by atoms with van der Waals surface area (Å²) in [6.45, 7) is 0.686. The van der Waals surface area contributed by atoms with Crippen LogP contribution in [0.3, 0.4) is 0 Å². The summed E-state index contributed by atoms with van der Waals surface area (Å²) in [7, 11) is 0. The molecule has 0 aromatic heterocycles. The maximum atomic E-state index is 12.5. The van der Waals surface area contributed by atoms with Crippen LogP contribution in [0.4, 0.5) is 0 Å². The highest BCUT2D eigenvalue weighted by Crippen LogP contribution is 2.34. The lowest BCUT2D eigenvalue weighted by molar-refractivity contribution is -0.120. The summed E-state index contributed by atoms with van der Waals surface area (Å²) in [6, 6.07) is 8.33. The summed E-state index contributed by atoms with van der Waals surface area (Å²) in [6.07, 6.45) is 7.10. The third-order valence-corrected chi connectivity index (χ3v) is 3.86. The molecule has 0 saturated heterocycles. The fraction of sp³-hybridized carbons (Fsp3) is 0.438. The minimum absolute atomic E-state index is 0.0132. The minimum atomic E-state index is 0.0132. The van der Waals surface area contributed by atoms with Gasteiger partial charge in [-0.1, -0.05) is 24.3 Å². The van der Waals surface area contributed by atoms with Crippen molar-refractivity contribution < 1.29 is 9.53 Å². The molecule has 2 aliphatic rings. The van der Waals surface area contributed by atoms with E-state index >= 15 is 0 Å². The van der Waals surface area contributed by atoms with Gasteiger partial charge in [-0.05, 0) is 49.3 Å². The van der Waals surface area contributed by atoms with E-state index in [9.17, 15) is 4.79 Å². The van der Waals surface area contributed by atoms with Crippen LogP contribution in [0.15, 0.2) is 36.1 Å². The number of ketones is 1. The molecule has 94 valence electrons. The van der Waals surface area contributed by atoms with Crippen molar-refractivity contribution in [3.8, 4) is 0 Å². The molecule has 2 heteroatoms. The van der Waals surface area contributed by atoms with Crippen LogP contribution in [-0.4, -0.2) is 12.4 Å². The molecule has 18 heavy (non-hydrogen) atoms. The van der Waals surface area contributed by atoms with Gasteiger partial charge >= 0.3 is 0 Å². The number of rotatable bonds is 2. The number of carbonyl (C=O) groups excluding carboxylic acids is 1. The number of benzene rings is 1. The highest BCUT2D eigenvalue weighted by molar-refractivity contribution is 5.99. The molecule has 0 fully saturated rings. The monoisotopic (exact) mass is 242 g/mol. The molecule has 1 unspecified atom stereocenters. The Bertz CT molecular complexity index is 488. The summed E-state index contributed by atoms with van der Waals surface area (Å²) in [4.78, 5) is 12.5. The molecule has 1 aliphatic carbocycles. The van der Waals surface area contributed by atoms with Gasteiger partial charge in [0.1, 0.15) is 0 Å². The summed E-state index contributed by atoms with van der Waals surface area (Å²) < 4.78 is 5.52. The van der Waals surface area contributed by atoms with Gasteiger partial charge in [-0.15, -0.1) is 0 Å². The number of ether oxygens (including phenoxy) is 1. The fourth-order valence-electron chi connectivity index (χ4n) is 2.93. The summed E-state index contributed by atoms with van der Waals surface area (Å²) in [5.41, 5.74) is 2.54. The summed E-state index contributed by atoms with van der Waals surface area (Å²) in [5.74, 6) is 0.795. The van der Waals surface area contributed by atoms with E-state index in [4.69, 9.17) is 4.74 Å². The maximum absolute atomic E-state index is 12.5. The SMILES string of the molecule is O=C(C1=CCCCO1)C1CCCc2ccccc21. The van der Waals surface area contributed by atoms with Gasteiger partial charge in [0, 0.05) is 0 Å². The van der Waals surface area contributed by atoms with E-state index in [0.29, 0.717) is 12.4 Å². The summed E-state index contributed by atoms with van der Waals surface area (Å²) in [5, 5.41) is 0. The van der Waals surface area contributed by atoms with Gasteiger partial charge in [-0.25, -0.2) is 0 Å². The molecular formula is C16H18O2. The van der Waals surface area contributed by atoms with E-state index in [1.54, 1.807) is 0 Å². The maximum Gasteiger partial charge on any atom is 0.204 e. The van der Waals surface area contributed by atoms with Gasteiger partial charge in [0.25, 0.3) is 0 Å². The fourth-order valence-corrected chi connectivity index (χ4v) is 2.93. The minimum Gasteiger partial charge on any atom is -0.490 e. The molecule has 0 spiro atoms. The average molecular weight is 242 g/mol. The van der Waals surface area contributed by atoms with Gasteiger partial charge < -0.3 is 4.74 Å². The smallest absolute Gasteiger partial charge is 0.204 e. The molecule has 0 saturated carbocycles. The molecule has 0 radical (unpaired) electrons. The summed E-state index contributed by atoms with van der Waals surface area (Å²) >= 11 is 0. The van der Waals surface area contributed by atoms with Gasteiger partial charge in [-0.2, -0.15) is 0 Å². The van der Waals surface area contributed by atoms with Crippen LogP contribution in [0.1, 0.15) is 42.7 Å². The first-order valence-electron chi connectivity index (χ1n) is 6.81. The lowest BCUT2D eigenvalue weighted by Crippen LogP contribution is -2.22. The lowest BCUT2D eigenvalue weighted by Gasteiger charge is -2.26. The largest absolute Gasteiger partial charge is 0.490 e. The van der Waals surface area contributed by atoms with Crippen molar-refractivity contribution in [2.45, 2.75) is 38.0 Å². The number of fused-ring (bicyclic) bond motifs is 1. The van der Waals surface area contributed by atoms with Crippen LogP contribution in [0, 0.1) is 0 Å². The van der Waals surface area contributed by atoms with Crippen LogP contribution < -0.4 is 0 Å². The van der Waals surface area contributed by atoms with Crippen molar-refractivity contribution in [1.29, 1.82) is 0 Å². The number of hydrogen-bond acceptors (Lipinski definition) is 2. The van der Waals surface area contributed by atoms with Crippen molar-refractivity contribution in [3.05, 3.63) is 47.2 Å². The third kappa shape index (κ3) is 2.07. The van der Waals surface area contributed by atoms with E-state index in [1.165, 1.54) is 11.1 Å². The van der Waals surface area contributed by atoms with Crippen molar-refractivity contribution in [2.24, 2.45) is 0 Å². The molecular weight excluding hydrogens is 224 g/mol. The highest BCUT2D eigenvalue weighted by Gasteiger charge is 2.29. The first-order chi connectivity index (χ1) is 8.86. The van der Waals surface area contributed by atoms with Gasteiger partial charge in [-0.3, -0.25) is 4.79 Å². The van der Waals surface area contributed by atoms with Gasteiger partial charge in [0.2, 0.25) is 5.78 Å². The number of Topliss-reactive ketones (excluding diaryl/α,β-unsaturated/α-hetero) is 1. The molecule has 1 aliphatic heterocycles. The van der Waals surface area contributed by atoms with Crippen LogP contribution in [0.5, 0.6) is 0 Å². The lowest BCUT2D eigenvalue weighted by atomic mass is 9.80. The Morgan fingerprint density at radius 1 is 1.22 bits per heavy atom. The second kappa shape index (κ2) is 4.97. The van der Waals surface area contributed by atoms with Crippen molar-refractivity contribution >= 4 is 5.78 Å². The molecule has 1 atom stereocenters. The zero-order valence-corrected chi connectivity index (χ0v) is 10.5. The highest BCUT2D eigenvalue weighted by atomic mass is 16.5. The van der Waals surface area contributed by atoms with Crippen LogP contribution in [0.25, 0.3) is 0 Å². The van der Waals surface area contributed by atoms with E-state index in [-0.39, 0.29) is 11.7 Å². The number of allylic oxidation sites excluding steroid dienone is 2. The molecule has 2 nitrogen and oxygen atoms in total. The molecule has 1 aromatic rings. The predicted molar refractivity (Wildman–Crippen MR) is 70.4 cm³/mol. The van der Waals surface area contributed by atoms with E-state index < -0.39 is 0 Å². The molecule has 0 bridgehead atoms. The second-order valence-corrected chi connectivity index (χ2v) is 5.07. The Labute approximate surface area is 108 Å². The van der Waals surface area contributed by atoms with Crippen LogP contribution >= 0.6 is 0 Å². The Hall–Kier alpha value is -1.57. The average Bonchev–Trinajstić information content (AvgIpc) is 2.47. The molecule has 1 aromatic carbocycles. The second-order valence-electron chi connectivity index (χ2n) is 5.07. The van der Waals surface area contributed by atoms with E-state index in [2.05, 4.69) is 18.2 Å².